The number of carbonyl (C=O) groups is 1. The molecule has 0 atom stereocenters. The van der Waals surface area contributed by atoms with Gasteiger partial charge in [0.1, 0.15) is 5.75 Å². The topological polar surface area (TPSA) is 56.1 Å². The van der Waals surface area contributed by atoms with Gasteiger partial charge in [0.25, 0.3) is 5.91 Å². The van der Waals surface area contributed by atoms with Crippen LogP contribution in [0.5, 0.6) is 5.75 Å². The van der Waals surface area contributed by atoms with Crippen LogP contribution < -0.4 is 10.1 Å². The van der Waals surface area contributed by atoms with Gasteiger partial charge in [-0.05, 0) is 56.2 Å². The third-order valence-electron chi connectivity index (χ3n) is 4.23. The Morgan fingerprint density at radius 1 is 1.24 bits per heavy atom. The maximum Gasteiger partial charge on any atom is 0.251 e. The van der Waals surface area contributed by atoms with E-state index >= 15 is 0 Å². The lowest BCUT2D eigenvalue weighted by atomic mass is 10.1. The van der Waals surface area contributed by atoms with Crippen molar-refractivity contribution in [3.63, 3.8) is 0 Å². The molecule has 0 aliphatic rings. The molecule has 1 heterocycles. The van der Waals surface area contributed by atoms with Gasteiger partial charge in [-0.1, -0.05) is 12.1 Å². The third kappa shape index (κ3) is 3.82. The van der Waals surface area contributed by atoms with Gasteiger partial charge in [-0.3, -0.25) is 4.79 Å². The van der Waals surface area contributed by atoms with Crippen molar-refractivity contribution >= 4 is 16.9 Å². The quantitative estimate of drug-likeness (QED) is 0.748. The largest absolute Gasteiger partial charge is 0.497 e. The first-order chi connectivity index (χ1) is 12.1. The lowest BCUT2D eigenvalue weighted by molar-refractivity contribution is 0.0954. The second-order valence-electron chi connectivity index (χ2n) is 6.31. The fourth-order valence-corrected chi connectivity index (χ4v) is 2.83. The van der Waals surface area contributed by atoms with Crippen LogP contribution >= 0.6 is 0 Å². The minimum absolute atomic E-state index is 0.0935. The number of nitrogens with one attached hydrogen (secondary N) is 1. The highest BCUT2D eigenvalue weighted by molar-refractivity contribution is 5.94. The molecule has 3 rings (SSSR count). The molecule has 0 aliphatic carbocycles. The van der Waals surface area contributed by atoms with Crippen LogP contribution in [0.2, 0.25) is 0 Å². The van der Waals surface area contributed by atoms with Crippen LogP contribution in [0.15, 0.2) is 48.8 Å². The molecule has 1 N–H and O–H groups in total. The third-order valence-corrected chi connectivity index (χ3v) is 4.23. The Bertz CT molecular complexity index is 884. The van der Waals surface area contributed by atoms with E-state index in [0.717, 1.165) is 23.0 Å². The number of hydrogen-bond donors (Lipinski definition) is 1. The summed E-state index contributed by atoms with van der Waals surface area (Å²) >= 11 is 0. The van der Waals surface area contributed by atoms with Crippen LogP contribution in [0.3, 0.4) is 0 Å². The second-order valence-corrected chi connectivity index (χ2v) is 6.31. The molecule has 0 fully saturated rings. The van der Waals surface area contributed by atoms with Gasteiger partial charge in [-0.15, -0.1) is 0 Å². The minimum Gasteiger partial charge on any atom is -0.497 e. The summed E-state index contributed by atoms with van der Waals surface area (Å²) in [5.41, 5.74) is 3.89. The summed E-state index contributed by atoms with van der Waals surface area (Å²) in [7, 11) is 1.59. The first kappa shape index (κ1) is 17.0. The van der Waals surface area contributed by atoms with Crippen LogP contribution in [-0.2, 0) is 6.42 Å². The van der Waals surface area contributed by atoms with E-state index in [2.05, 4.69) is 46.9 Å². The molecule has 0 aliphatic heterocycles. The Labute approximate surface area is 147 Å². The monoisotopic (exact) mass is 337 g/mol. The molecule has 0 saturated heterocycles. The molecule has 0 unspecified atom stereocenters. The van der Waals surface area contributed by atoms with Crippen molar-refractivity contribution in [2.75, 3.05) is 13.7 Å². The molecule has 5 nitrogen and oxygen atoms in total. The maximum absolute atomic E-state index is 12.2. The van der Waals surface area contributed by atoms with Crippen LogP contribution in [-0.4, -0.2) is 29.1 Å². The molecular weight excluding hydrogens is 314 g/mol. The predicted molar refractivity (Wildman–Crippen MR) is 99.1 cm³/mol. The molecule has 0 spiro atoms. The van der Waals surface area contributed by atoms with Crippen LogP contribution in [0.25, 0.3) is 11.0 Å². The fraction of sp³-hybridized carbons (Fsp3) is 0.300. The van der Waals surface area contributed by atoms with Crippen molar-refractivity contribution in [1.29, 1.82) is 0 Å². The number of methoxy groups -OCH3 is 1. The van der Waals surface area contributed by atoms with Crippen LogP contribution in [0, 0.1) is 0 Å². The van der Waals surface area contributed by atoms with Gasteiger partial charge in [-0.2, -0.15) is 0 Å². The van der Waals surface area contributed by atoms with Crippen molar-refractivity contribution in [2.45, 2.75) is 26.3 Å². The van der Waals surface area contributed by atoms with E-state index in [-0.39, 0.29) is 5.91 Å². The van der Waals surface area contributed by atoms with Crippen molar-refractivity contribution in [3.05, 3.63) is 59.9 Å². The summed E-state index contributed by atoms with van der Waals surface area (Å²) in [6.07, 6.45) is 2.64. The van der Waals surface area contributed by atoms with Crippen molar-refractivity contribution in [2.24, 2.45) is 0 Å². The number of imidazole rings is 1. The van der Waals surface area contributed by atoms with Gasteiger partial charge in [0.05, 0.1) is 24.5 Å². The molecule has 25 heavy (non-hydrogen) atoms. The average Bonchev–Trinajstić information content (AvgIpc) is 3.05. The molecule has 3 aromatic rings. The molecule has 1 aromatic heterocycles. The van der Waals surface area contributed by atoms with Crippen LogP contribution in [0.4, 0.5) is 0 Å². The van der Waals surface area contributed by atoms with E-state index in [1.807, 2.05) is 18.5 Å². The Hall–Kier alpha value is -2.82. The number of hydrogen-bond acceptors (Lipinski definition) is 3. The smallest absolute Gasteiger partial charge is 0.251 e. The highest BCUT2D eigenvalue weighted by Crippen LogP contribution is 2.19. The average molecular weight is 337 g/mol. The Morgan fingerprint density at radius 2 is 2.08 bits per heavy atom. The normalized spacial score (nSPS) is 11.0. The summed E-state index contributed by atoms with van der Waals surface area (Å²) in [6.45, 7) is 4.86. The number of fused-ring (bicyclic) bond motifs is 1. The molecule has 0 saturated carbocycles. The summed E-state index contributed by atoms with van der Waals surface area (Å²) < 4.78 is 7.31. The van der Waals surface area contributed by atoms with Crippen molar-refractivity contribution < 1.29 is 9.53 Å². The molecule has 1 amide bonds. The number of aromatic nitrogens is 2. The lowest BCUT2D eigenvalue weighted by Gasteiger charge is -2.09. The first-order valence-electron chi connectivity index (χ1n) is 8.46. The van der Waals surface area contributed by atoms with E-state index in [9.17, 15) is 4.79 Å². The number of benzene rings is 2. The molecule has 0 bridgehead atoms. The summed E-state index contributed by atoms with van der Waals surface area (Å²) in [5, 5.41) is 2.95. The maximum atomic E-state index is 12.2. The van der Waals surface area contributed by atoms with Gasteiger partial charge in [0.15, 0.2) is 0 Å². The van der Waals surface area contributed by atoms with E-state index in [0.29, 0.717) is 23.9 Å². The summed E-state index contributed by atoms with van der Waals surface area (Å²) in [4.78, 5) is 16.7. The van der Waals surface area contributed by atoms with Gasteiger partial charge in [0.2, 0.25) is 0 Å². The SMILES string of the molecule is COc1cccc(C(=O)NCCc2ccc3c(c2)ncn3C(C)C)c1. The fourth-order valence-electron chi connectivity index (χ4n) is 2.83. The van der Waals surface area contributed by atoms with Crippen molar-refractivity contribution in [1.82, 2.24) is 14.9 Å². The Morgan fingerprint density at radius 3 is 2.84 bits per heavy atom. The first-order valence-corrected chi connectivity index (χ1v) is 8.46. The second kappa shape index (κ2) is 7.38. The predicted octanol–water partition coefficient (Wildman–Crippen LogP) is 3.60. The molecule has 5 heteroatoms. The van der Waals surface area contributed by atoms with E-state index in [1.54, 1.807) is 19.2 Å². The number of amides is 1. The van der Waals surface area contributed by atoms with E-state index in [1.165, 1.54) is 0 Å². The number of ether oxygens (including phenoxy) is 1. The number of nitrogens with zero attached hydrogens (tertiary/aromatic N) is 2. The van der Waals surface area contributed by atoms with Gasteiger partial charge in [-0.25, -0.2) is 4.98 Å². The van der Waals surface area contributed by atoms with Crippen molar-refractivity contribution in [3.8, 4) is 5.75 Å². The van der Waals surface area contributed by atoms with Crippen LogP contribution in [0.1, 0.15) is 35.8 Å². The highest BCUT2D eigenvalue weighted by Gasteiger charge is 2.08. The summed E-state index contributed by atoms with van der Waals surface area (Å²) in [5.74, 6) is 0.586. The Kier molecular flexibility index (Phi) is 5.03. The lowest BCUT2D eigenvalue weighted by Crippen LogP contribution is -2.25. The molecule has 130 valence electrons. The molecular formula is C20H23N3O2. The zero-order valence-electron chi connectivity index (χ0n) is 14.8. The van der Waals surface area contributed by atoms with Gasteiger partial charge >= 0.3 is 0 Å². The minimum atomic E-state index is -0.0935. The van der Waals surface area contributed by atoms with E-state index in [4.69, 9.17) is 4.74 Å². The Balaban J connectivity index is 1.61. The number of carbonyl (C=O) groups excluding carboxylic acids is 1. The zero-order valence-corrected chi connectivity index (χ0v) is 14.8. The standard InChI is InChI=1S/C20H23N3O2/c1-14(2)23-13-22-18-11-15(7-8-19(18)23)9-10-21-20(24)16-5-4-6-17(12-16)25-3/h4-8,11-14H,9-10H2,1-3H3,(H,21,24). The van der Waals surface area contributed by atoms with Gasteiger partial charge in [0, 0.05) is 18.2 Å². The van der Waals surface area contributed by atoms with E-state index < -0.39 is 0 Å². The molecule has 0 radical (unpaired) electrons. The number of rotatable bonds is 6. The highest BCUT2D eigenvalue weighted by atomic mass is 16.5. The summed E-state index contributed by atoms with van der Waals surface area (Å²) in [6, 6.07) is 13.8. The zero-order chi connectivity index (χ0) is 17.8. The molecule has 2 aromatic carbocycles. The van der Waals surface area contributed by atoms with Gasteiger partial charge < -0.3 is 14.6 Å².